The second-order valence-corrected chi connectivity index (χ2v) is 9.86. The largest absolute Gasteiger partial charge is 0.368 e. The highest BCUT2D eigenvalue weighted by Gasteiger charge is 2.34. The number of nitrogens with zero attached hydrogens (tertiary/aromatic N) is 7. The first-order valence-electron chi connectivity index (χ1n) is 11.0. The number of hydrogen-bond acceptors (Lipinski definition) is 8. The van der Waals surface area contributed by atoms with Crippen LogP contribution in [0.1, 0.15) is 17.4 Å². The van der Waals surface area contributed by atoms with E-state index in [4.69, 9.17) is 22.3 Å². The van der Waals surface area contributed by atoms with Crippen LogP contribution in [-0.4, -0.2) is 40.7 Å². The number of imidazole rings is 1. The minimum absolute atomic E-state index is 0.168. The normalized spacial score (nSPS) is 16.0. The molecular weight excluding hydrogens is 484 g/mol. The van der Waals surface area contributed by atoms with Crippen molar-refractivity contribution in [3.63, 3.8) is 0 Å². The van der Waals surface area contributed by atoms with Gasteiger partial charge < -0.3 is 15.2 Å². The second kappa shape index (κ2) is 8.24. The molecular formula is C24H21ClN8OS. The van der Waals surface area contributed by atoms with Gasteiger partial charge in [0.1, 0.15) is 5.82 Å². The summed E-state index contributed by atoms with van der Waals surface area (Å²) in [6, 6.07) is 12.9. The van der Waals surface area contributed by atoms with E-state index in [1.807, 2.05) is 54.9 Å². The van der Waals surface area contributed by atoms with Gasteiger partial charge in [0.25, 0.3) is 5.56 Å². The Morgan fingerprint density at radius 1 is 1.11 bits per heavy atom. The molecule has 3 aromatic heterocycles. The second-order valence-electron chi connectivity index (χ2n) is 8.45. The predicted molar refractivity (Wildman–Crippen MR) is 140 cm³/mol. The van der Waals surface area contributed by atoms with Crippen LogP contribution >= 0.6 is 23.4 Å². The number of nitrogen functional groups attached to an aromatic ring is 1. The van der Waals surface area contributed by atoms with Crippen LogP contribution in [0.25, 0.3) is 27.8 Å². The zero-order valence-corrected chi connectivity index (χ0v) is 20.6. The molecule has 9 nitrogen and oxygen atoms in total. The summed E-state index contributed by atoms with van der Waals surface area (Å²) in [6.07, 6.45) is 1.69. The molecule has 0 saturated carbocycles. The third kappa shape index (κ3) is 3.43. The minimum atomic E-state index is -0.254. The smallest absolute Gasteiger partial charge is 0.267 e. The maximum absolute atomic E-state index is 13.9. The van der Waals surface area contributed by atoms with E-state index in [1.54, 1.807) is 28.7 Å². The molecule has 5 aromatic rings. The van der Waals surface area contributed by atoms with E-state index in [9.17, 15) is 4.79 Å². The Bertz CT molecular complexity index is 1680. The van der Waals surface area contributed by atoms with E-state index in [2.05, 4.69) is 19.9 Å². The Hall–Kier alpha value is -3.63. The van der Waals surface area contributed by atoms with Crippen LogP contribution in [0.2, 0.25) is 5.02 Å². The molecule has 0 bridgehead atoms. The minimum Gasteiger partial charge on any atom is -0.368 e. The zero-order chi connectivity index (χ0) is 24.3. The zero-order valence-electron chi connectivity index (χ0n) is 19.0. The maximum atomic E-state index is 13.9. The first-order valence-corrected chi connectivity index (χ1v) is 12.5. The van der Waals surface area contributed by atoms with Gasteiger partial charge in [-0.05, 0) is 30.7 Å². The molecule has 2 aromatic carbocycles. The van der Waals surface area contributed by atoms with Gasteiger partial charge in [-0.3, -0.25) is 9.36 Å². The summed E-state index contributed by atoms with van der Waals surface area (Å²) in [7, 11) is 1.87. The Labute approximate surface area is 209 Å². The molecule has 6 rings (SSSR count). The van der Waals surface area contributed by atoms with Gasteiger partial charge in [0.2, 0.25) is 5.95 Å². The number of aryl methyl sites for hydroxylation is 2. The number of nitrogens with two attached hydrogens (primary N) is 1. The Morgan fingerprint density at radius 2 is 1.94 bits per heavy atom. The highest BCUT2D eigenvalue weighted by molar-refractivity contribution is 7.99. The van der Waals surface area contributed by atoms with E-state index in [-0.39, 0.29) is 17.5 Å². The van der Waals surface area contributed by atoms with Crippen molar-refractivity contribution in [3.05, 3.63) is 75.6 Å². The topological polar surface area (TPSA) is 108 Å². The molecule has 0 spiro atoms. The fourth-order valence-electron chi connectivity index (χ4n) is 4.55. The summed E-state index contributed by atoms with van der Waals surface area (Å²) in [6.45, 7) is 1.98. The lowest BCUT2D eigenvalue weighted by Crippen LogP contribution is -2.33. The first kappa shape index (κ1) is 21.9. The van der Waals surface area contributed by atoms with Crippen molar-refractivity contribution in [1.82, 2.24) is 29.1 Å². The highest BCUT2D eigenvalue weighted by atomic mass is 35.5. The van der Waals surface area contributed by atoms with E-state index in [0.717, 1.165) is 11.3 Å². The van der Waals surface area contributed by atoms with Gasteiger partial charge in [0.05, 0.1) is 39.9 Å². The van der Waals surface area contributed by atoms with Gasteiger partial charge in [-0.25, -0.2) is 9.97 Å². The molecule has 1 aliphatic heterocycles. The van der Waals surface area contributed by atoms with Gasteiger partial charge >= 0.3 is 0 Å². The summed E-state index contributed by atoms with van der Waals surface area (Å²) in [5, 5.41) is 0.780. The van der Waals surface area contributed by atoms with Crippen molar-refractivity contribution < 1.29 is 0 Å². The molecule has 1 atom stereocenters. The fourth-order valence-corrected chi connectivity index (χ4v) is 5.96. The number of rotatable bonds is 3. The quantitative estimate of drug-likeness (QED) is 0.394. The van der Waals surface area contributed by atoms with Crippen molar-refractivity contribution in [3.8, 4) is 5.69 Å². The summed E-state index contributed by atoms with van der Waals surface area (Å²) in [5.41, 5.74) is 9.47. The molecule has 2 N–H and O–H groups in total. The van der Waals surface area contributed by atoms with Gasteiger partial charge in [-0.2, -0.15) is 9.97 Å². The van der Waals surface area contributed by atoms with Crippen molar-refractivity contribution in [2.24, 2.45) is 7.05 Å². The van der Waals surface area contributed by atoms with Gasteiger partial charge in [0.15, 0.2) is 17.0 Å². The number of fused-ring (bicyclic) bond motifs is 2. The number of thioether (sulfide) groups is 1. The third-order valence-electron chi connectivity index (χ3n) is 6.24. The van der Waals surface area contributed by atoms with Gasteiger partial charge in [-0.1, -0.05) is 35.9 Å². The molecule has 0 unspecified atom stereocenters. The van der Waals surface area contributed by atoms with Crippen molar-refractivity contribution in [1.29, 1.82) is 0 Å². The number of para-hydroxylation sites is 1. The van der Waals surface area contributed by atoms with Crippen molar-refractivity contribution in [2.75, 3.05) is 22.3 Å². The van der Waals surface area contributed by atoms with E-state index in [0.29, 0.717) is 50.4 Å². The number of hydrogen-bond donors (Lipinski definition) is 1. The maximum Gasteiger partial charge on any atom is 0.267 e. The molecule has 176 valence electrons. The van der Waals surface area contributed by atoms with Crippen LogP contribution in [0.5, 0.6) is 0 Å². The van der Waals surface area contributed by atoms with Crippen LogP contribution in [0.15, 0.2) is 53.6 Å². The summed E-state index contributed by atoms with van der Waals surface area (Å²) in [4.78, 5) is 34.5. The lowest BCUT2D eigenvalue weighted by atomic mass is 10.1. The molecule has 11 heteroatoms. The number of aromatic nitrogens is 6. The monoisotopic (exact) mass is 504 g/mol. The van der Waals surface area contributed by atoms with Gasteiger partial charge in [0, 0.05) is 12.8 Å². The summed E-state index contributed by atoms with van der Waals surface area (Å²) < 4.78 is 3.50. The SMILES string of the molecule is Cc1ccccc1-n1c([C@@H]2CSCN2c2nc(N)nc3c2ncn3C)nc2cccc(Cl)c2c1=O. The molecule has 4 heterocycles. The van der Waals surface area contributed by atoms with Crippen LogP contribution in [0.3, 0.4) is 0 Å². The summed E-state index contributed by atoms with van der Waals surface area (Å²) in [5.74, 6) is 2.76. The average Bonchev–Trinajstić information content (AvgIpc) is 3.46. The van der Waals surface area contributed by atoms with Crippen LogP contribution in [0.4, 0.5) is 11.8 Å². The average molecular weight is 505 g/mol. The van der Waals surface area contributed by atoms with Crippen LogP contribution in [0, 0.1) is 6.92 Å². The lowest BCUT2D eigenvalue weighted by molar-refractivity contribution is 0.668. The number of halogens is 1. The first-order chi connectivity index (χ1) is 16.9. The number of benzene rings is 2. The molecule has 1 fully saturated rings. The third-order valence-corrected chi connectivity index (χ3v) is 7.57. The van der Waals surface area contributed by atoms with E-state index >= 15 is 0 Å². The number of anilines is 2. The van der Waals surface area contributed by atoms with Crippen molar-refractivity contribution in [2.45, 2.75) is 13.0 Å². The molecule has 0 amide bonds. The summed E-state index contributed by atoms with van der Waals surface area (Å²) >= 11 is 8.21. The fraction of sp³-hybridized carbons (Fsp3) is 0.208. The van der Waals surface area contributed by atoms with E-state index < -0.39 is 0 Å². The Morgan fingerprint density at radius 3 is 2.77 bits per heavy atom. The van der Waals surface area contributed by atoms with Crippen LogP contribution in [-0.2, 0) is 7.05 Å². The van der Waals surface area contributed by atoms with Gasteiger partial charge in [-0.15, -0.1) is 11.8 Å². The molecule has 35 heavy (non-hydrogen) atoms. The molecule has 1 aliphatic rings. The van der Waals surface area contributed by atoms with E-state index in [1.165, 1.54) is 0 Å². The Kier molecular flexibility index (Phi) is 5.15. The molecule has 0 aliphatic carbocycles. The highest BCUT2D eigenvalue weighted by Crippen LogP contribution is 2.39. The standard InChI is InChI=1S/C24H21ClN8OS/c1-13-6-3-4-9-16(13)33-20(28-15-8-5-7-14(25)18(15)23(33)34)17-10-35-12-32(17)22-19-21(29-24(26)30-22)31(2)11-27-19/h3-9,11,17H,10,12H2,1-2H3,(H2,26,29,30)/t17-/m0/s1. The van der Waals surface area contributed by atoms with Crippen molar-refractivity contribution >= 4 is 57.2 Å². The molecule has 0 radical (unpaired) electrons. The predicted octanol–water partition coefficient (Wildman–Crippen LogP) is 3.86. The Balaban J connectivity index is 1.63. The molecule has 1 saturated heterocycles. The van der Waals surface area contributed by atoms with Crippen LogP contribution < -0.4 is 16.2 Å². The lowest BCUT2D eigenvalue weighted by Gasteiger charge is -2.27.